The van der Waals surface area contributed by atoms with Gasteiger partial charge >= 0.3 is 0 Å². The van der Waals surface area contributed by atoms with Gasteiger partial charge in [0, 0.05) is 24.1 Å². The van der Waals surface area contributed by atoms with Crippen LogP contribution in [0.2, 0.25) is 5.02 Å². The highest BCUT2D eigenvalue weighted by molar-refractivity contribution is 6.32. The third kappa shape index (κ3) is 4.89. The summed E-state index contributed by atoms with van der Waals surface area (Å²) in [6.45, 7) is 1.60. The standard InChI is InChI=1S/C19H20ClNO5/c1-4-16(22)12-5-7-13(8-6-12)26-11-19(23)21-15-10-17(24-2)14(20)9-18(15)25-3/h5-10H,4,11H2,1-3H3,(H,21,23). The summed E-state index contributed by atoms with van der Waals surface area (Å²) in [5.74, 6) is 0.999. The van der Waals surface area contributed by atoms with Gasteiger partial charge in [-0.15, -0.1) is 0 Å². The summed E-state index contributed by atoms with van der Waals surface area (Å²) in [7, 11) is 2.96. The molecular formula is C19H20ClNO5. The molecule has 7 heteroatoms. The number of amides is 1. The van der Waals surface area contributed by atoms with Crippen LogP contribution >= 0.6 is 11.6 Å². The van der Waals surface area contributed by atoms with Gasteiger partial charge in [0.1, 0.15) is 17.2 Å². The van der Waals surface area contributed by atoms with Crippen LogP contribution < -0.4 is 19.5 Å². The second-order valence-electron chi connectivity index (χ2n) is 5.32. The van der Waals surface area contributed by atoms with Crippen LogP contribution in [0.4, 0.5) is 5.69 Å². The van der Waals surface area contributed by atoms with Crippen LogP contribution in [0, 0.1) is 0 Å². The minimum Gasteiger partial charge on any atom is -0.495 e. The number of Topliss-reactive ketones (excluding diaryl/α,β-unsaturated/α-hetero) is 1. The molecule has 0 bridgehead atoms. The Morgan fingerprint density at radius 2 is 1.69 bits per heavy atom. The van der Waals surface area contributed by atoms with Crippen LogP contribution in [-0.4, -0.2) is 32.5 Å². The number of ketones is 1. The summed E-state index contributed by atoms with van der Waals surface area (Å²) in [6.07, 6.45) is 0.439. The Morgan fingerprint density at radius 3 is 2.27 bits per heavy atom. The van der Waals surface area contributed by atoms with E-state index < -0.39 is 0 Å². The number of rotatable bonds is 8. The van der Waals surface area contributed by atoms with E-state index in [4.69, 9.17) is 25.8 Å². The molecule has 1 amide bonds. The minimum absolute atomic E-state index is 0.0538. The Labute approximate surface area is 157 Å². The van der Waals surface area contributed by atoms with Crippen LogP contribution in [0.5, 0.6) is 17.2 Å². The van der Waals surface area contributed by atoms with Gasteiger partial charge in [-0.1, -0.05) is 18.5 Å². The first-order valence-electron chi connectivity index (χ1n) is 7.96. The molecule has 2 aromatic rings. The monoisotopic (exact) mass is 377 g/mol. The van der Waals surface area contributed by atoms with Crippen molar-refractivity contribution < 1.29 is 23.8 Å². The highest BCUT2D eigenvalue weighted by Crippen LogP contribution is 2.35. The number of halogens is 1. The Balaban J connectivity index is 2.00. The number of hydrogen-bond donors (Lipinski definition) is 1. The molecule has 6 nitrogen and oxygen atoms in total. The topological polar surface area (TPSA) is 73.9 Å². The Hall–Kier alpha value is -2.73. The molecule has 0 saturated heterocycles. The fourth-order valence-electron chi connectivity index (χ4n) is 2.23. The molecule has 0 atom stereocenters. The van der Waals surface area contributed by atoms with Crippen molar-refractivity contribution in [3.05, 3.63) is 47.0 Å². The Bertz CT molecular complexity index is 789. The number of anilines is 1. The van der Waals surface area contributed by atoms with Gasteiger partial charge in [0.05, 0.1) is 24.9 Å². The summed E-state index contributed by atoms with van der Waals surface area (Å²) < 4.78 is 15.8. The number of nitrogens with one attached hydrogen (secondary N) is 1. The van der Waals surface area contributed by atoms with E-state index in [0.717, 1.165) is 0 Å². The number of benzene rings is 2. The Kier molecular flexibility index (Phi) is 6.86. The number of hydrogen-bond acceptors (Lipinski definition) is 5. The van der Waals surface area contributed by atoms with E-state index in [2.05, 4.69) is 5.32 Å². The maximum atomic E-state index is 12.1. The van der Waals surface area contributed by atoms with Crippen molar-refractivity contribution in [1.82, 2.24) is 0 Å². The van der Waals surface area contributed by atoms with Gasteiger partial charge in [-0.05, 0) is 24.3 Å². The molecule has 2 rings (SSSR count). The molecule has 138 valence electrons. The molecule has 0 aromatic heterocycles. The molecular weight excluding hydrogens is 358 g/mol. The largest absolute Gasteiger partial charge is 0.495 e. The number of carbonyl (C=O) groups is 2. The zero-order chi connectivity index (χ0) is 19.1. The van der Waals surface area contributed by atoms with Crippen LogP contribution in [0.1, 0.15) is 23.7 Å². The van der Waals surface area contributed by atoms with Crippen LogP contribution in [0.3, 0.4) is 0 Å². The molecule has 0 heterocycles. The lowest BCUT2D eigenvalue weighted by atomic mass is 10.1. The summed E-state index contributed by atoms with van der Waals surface area (Å²) in [6, 6.07) is 9.78. The highest BCUT2D eigenvalue weighted by Gasteiger charge is 2.13. The normalized spacial score (nSPS) is 10.2. The average molecular weight is 378 g/mol. The van der Waals surface area contributed by atoms with Crippen molar-refractivity contribution in [2.75, 3.05) is 26.1 Å². The third-order valence-corrected chi connectivity index (χ3v) is 3.91. The molecule has 0 aliphatic heterocycles. The molecule has 0 spiro atoms. The molecule has 0 saturated carbocycles. The van der Waals surface area contributed by atoms with Crippen LogP contribution in [0.15, 0.2) is 36.4 Å². The van der Waals surface area contributed by atoms with Gasteiger partial charge < -0.3 is 19.5 Å². The van der Waals surface area contributed by atoms with Gasteiger partial charge in [-0.2, -0.15) is 0 Å². The fourth-order valence-corrected chi connectivity index (χ4v) is 2.47. The van der Waals surface area contributed by atoms with Crippen LogP contribution in [0.25, 0.3) is 0 Å². The predicted octanol–water partition coefficient (Wildman–Crippen LogP) is 3.97. The van der Waals surface area contributed by atoms with E-state index in [0.29, 0.717) is 39.9 Å². The molecule has 0 unspecified atom stereocenters. The Morgan fingerprint density at radius 1 is 1.04 bits per heavy atom. The minimum atomic E-state index is -0.374. The first-order valence-corrected chi connectivity index (χ1v) is 8.33. The van der Waals surface area contributed by atoms with E-state index in [1.807, 2.05) is 0 Å². The van der Waals surface area contributed by atoms with E-state index >= 15 is 0 Å². The average Bonchev–Trinajstić information content (AvgIpc) is 2.67. The molecule has 0 aliphatic carbocycles. The van der Waals surface area contributed by atoms with Gasteiger partial charge in [0.2, 0.25) is 0 Å². The van der Waals surface area contributed by atoms with Gasteiger partial charge in [-0.25, -0.2) is 0 Å². The maximum Gasteiger partial charge on any atom is 0.262 e. The molecule has 0 radical (unpaired) electrons. The smallest absolute Gasteiger partial charge is 0.262 e. The SMILES string of the molecule is CCC(=O)c1ccc(OCC(=O)Nc2cc(OC)c(Cl)cc2OC)cc1. The predicted molar refractivity (Wildman–Crippen MR) is 99.7 cm³/mol. The fraction of sp³-hybridized carbons (Fsp3) is 0.263. The van der Waals surface area contributed by atoms with E-state index in [1.54, 1.807) is 43.3 Å². The summed E-state index contributed by atoms with van der Waals surface area (Å²) in [5.41, 5.74) is 1.04. The van der Waals surface area contributed by atoms with Gasteiger partial charge in [-0.3, -0.25) is 9.59 Å². The van der Waals surface area contributed by atoms with Crippen molar-refractivity contribution in [2.45, 2.75) is 13.3 Å². The van der Waals surface area contributed by atoms with Crippen molar-refractivity contribution in [2.24, 2.45) is 0 Å². The van der Waals surface area contributed by atoms with E-state index in [1.165, 1.54) is 14.2 Å². The first kappa shape index (κ1) is 19.6. The van der Waals surface area contributed by atoms with E-state index in [-0.39, 0.29) is 18.3 Å². The number of methoxy groups -OCH3 is 2. The lowest BCUT2D eigenvalue weighted by molar-refractivity contribution is -0.118. The third-order valence-electron chi connectivity index (χ3n) is 3.62. The lowest BCUT2D eigenvalue weighted by Gasteiger charge is -2.13. The number of carbonyl (C=O) groups excluding carboxylic acids is 2. The molecule has 1 N–H and O–H groups in total. The summed E-state index contributed by atoms with van der Waals surface area (Å²) in [5, 5.41) is 3.07. The van der Waals surface area contributed by atoms with Gasteiger partial charge in [0.15, 0.2) is 12.4 Å². The van der Waals surface area contributed by atoms with Crippen molar-refractivity contribution in [1.29, 1.82) is 0 Å². The van der Waals surface area contributed by atoms with Gasteiger partial charge in [0.25, 0.3) is 5.91 Å². The quantitative estimate of drug-likeness (QED) is 0.704. The van der Waals surface area contributed by atoms with Crippen molar-refractivity contribution in [3.63, 3.8) is 0 Å². The van der Waals surface area contributed by atoms with E-state index in [9.17, 15) is 9.59 Å². The summed E-state index contributed by atoms with van der Waals surface area (Å²) in [4.78, 5) is 23.7. The molecule has 0 fully saturated rings. The molecule has 0 aliphatic rings. The lowest BCUT2D eigenvalue weighted by Crippen LogP contribution is -2.20. The van der Waals surface area contributed by atoms with Crippen LogP contribution in [-0.2, 0) is 4.79 Å². The van der Waals surface area contributed by atoms with Crippen molar-refractivity contribution in [3.8, 4) is 17.2 Å². The molecule has 2 aromatic carbocycles. The summed E-state index contributed by atoms with van der Waals surface area (Å²) >= 11 is 6.04. The zero-order valence-corrected chi connectivity index (χ0v) is 15.6. The van der Waals surface area contributed by atoms with Crippen molar-refractivity contribution >= 4 is 29.0 Å². The maximum absolute atomic E-state index is 12.1. The first-order chi connectivity index (χ1) is 12.5. The molecule has 26 heavy (non-hydrogen) atoms. The highest BCUT2D eigenvalue weighted by atomic mass is 35.5. The second kappa shape index (κ2) is 9.10. The number of ether oxygens (including phenoxy) is 3. The zero-order valence-electron chi connectivity index (χ0n) is 14.8. The second-order valence-corrected chi connectivity index (χ2v) is 5.73.